The molecule has 60 valence electrons. The number of rotatable bonds is 4. The summed E-state index contributed by atoms with van der Waals surface area (Å²) in [6.07, 6.45) is 1.85. The monoisotopic (exact) mass is 196 g/mol. The molecular weight excluding hydrogens is 186 g/mol. The maximum atomic E-state index is 9.84. The molecule has 0 amide bonds. The van der Waals surface area contributed by atoms with Gasteiger partial charge in [0.25, 0.3) is 0 Å². The van der Waals surface area contributed by atoms with Crippen molar-refractivity contribution in [3.63, 3.8) is 0 Å². The van der Waals surface area contributed by atoms with Crippen LogP contribution in [-0.2, 0) is 25.6 Å². The summed E-state index contributed by atoms with van der Waals surface area (Å²) in [5, 5.41) is 0. The van der Waals surface area contributed by atoms with Gasteiger partial charge in [-0.25, -0.2) is 0 Å². The molecule has 0 fully saturated rings. The standard InChI is InChI=1S/C4H11O3P.Ni/c1-2-3-4-7-8(5)6;/h8H,2-4H2,1H3,(H,5,6);. The van der Waals surface area contributed by atoms with Gasteiger partial charge >= 0.3 is 8.25 Å². The predicted molar refractivity (Wildman–Crippen MR) is 32.1 cm³/mol. The quantitative estimate of drug-likeness (QED) is 0.418. The third kappa shape index (κ3) is 12.0. The molecule has 0 aliphatic rings. The van der Waals surface area contributed by atoms with Gasteiger partial charge < -0.3 is 9.42 Å². The second-order valence-corrected chi connectivity index (χ2v) is 2.29. The van der Waals surface area contributed by atoms with Crippen LogP contribution in [0.3, 0.4) is 0 Å². The molecule has 0 saturated carbocycles. The molecule has 3 nitrogen and oxygen atoms in total. The van der Waals surface area contributed by atoms with Gasteiger partial charge in [-0.1, -0.05) is 13.3 Å². The molecule has 0 aromatic heterocycles. The van der Waals surface area contributed by atoms with Crippen molar-refractivity contribution in [3.8, 4) is 0 Å². The van der Waals surface area contributed by atoms with E-state index in [1.165, 1.54) is 0 Å². The molecule has 9 heavy (non-hydrogen) atoms. The normalized spacial score (nSPS) is 12.2. The van der Waals surface area contributed by atoms with Crippen LogP contribution < -0.4 is 0 Å². The van der Waals surface area contributed by atoms with Crippen LogP contribution in [0.5, 0.6) is 0 Å². The van der Waals surface area contributed by atoms with Crippen LogP contribution in [0.2, 0.25) is 0 Å². The van der Waals surface area contributed by atoms with Crippen molar-refractivity contribution in [2.24, 2.45) is 0 Å². The molecule has 0 spiro atoms. The molecule has 0 aromatic rings. The Labute approximate surface area is 65.7 Å². The third-order valence-corrected chi connectivity index (χ3v) is 1.17. The van der Waals surface area contributed by atoms with Gasteiger partial charge in [0.05, 0.1) is 6.61 Å². The molecule has 0 heterocycles. The Hall–Kier alpha value is 0.644. The molecule has 0 saturated heterocycles. The molecule has 0 radical (unpaired) electrons. The first-order valence-electron chi connectivity index (χ1n) is 2.63. The SMILES string of the molecule is CCCCO[PH](=O)O.[Ni]. The Morgan fingerprint density at radius 1 is 1.67 bits per heavy atom. The van der Waals surface area contributed by atoms with E-state index in [9.17, 15) is 4.57 Å². The Bertz CT molecular complexity index is 78.2. The van der Waals surface area contributed by atoms with Gasteiger partial charge in [0.1, 0.15) is 0 Å². The summed E-state index contributed by atoms with van der Waals surface area (Å²) in [6.45, 7) is 2.41. The van der Waals surface area contributed by atoms with Crippen molar-refractivity contribution < 1.29 is 30.5 Å². The molecule has 1 unspecified atom stereocenters. The zero-order chi connectivity index (χ0) is 6.41. The van der Waals surface area contributed by atoms with Crippen LogP contribution in [0.1, 0.15) is 19.8 Å². The summed E-state index contributed by atoms with van der Waals surface area (Å²) in [7, 11) is -2.66. The summed E-state index contributed by atoms with van der Waals surface area (Å²) < 4.78 is 14.2. The van der Waals surface area contributed by atoms with Crippen LogP contribution in [0, 0.1) is 0 Å². The van der Waals surface area contributed by atoms with Gasteiger partial charge in [0, 0.05) is 16.5 Å². The summed E-state index contributed by atoms with van der Waals surface area (Å²) in [6, 6.07) is 0. The largest absolute Gasteiger partial charge is 0.326 e. The van der Waals surface area contributed by atoms with Gasteiger partial charge in [-0.15, -0.1) is 0 Å². The number of unbranched alkanes of at least 4 members (excludes halogenated alkanes) is 1. The molecule has 0 aromatic carbocycles. The second kappa shape index (κ2) is 8.64. The minimum Gasteiger partial charge on any atom is -0.326 e. The molecular formula is C4H11NiO3P. The average molecular weight is 197 g/mol. The summed E-state index contributed by atoms with van der Waals surface area (Å²) in [5.41, 5.74) is 0. The predicted octanol–water partition coefficient (Wildman–Crippen LogP) is 1.18. The fourth-order valence-electron chi connectivity index (χ4n) is 0.304. The van der Waals surface area contributed by atoms with Crippen molar-refractivity contribution >= 4 is 8.25 Å². The smallest absolute Gasteiger partial charge is 0.316 e. The topological polar surface area (TPSA) is 46.5 Å². The van der Waals surface area contributed by atoms with Gasteiger partial charge in [-0.2, -0.15) is 0 Å². The van der Waals surface area contributed by atoms with E-state index in [4.69, 9.17) is 4.89 Å². The van der Waals surface area contributed by atoms with E-state index >= 15 is 0 Å². The van der Waals surface area contributed by atoms with Crippen molar-refractivity contribution in [3.05, 3.63) is 0 Å². The fraction of sp³-hybridized carbons (Fsp3) is 1.00. The number of hydrogen-bond donors (Lipinski definition) is 1. The molecule has 5 heteroatoms. The first kappa shape index (κ1) is 12.3. The second-order valence-electron chi connectivity index (χ2n) is 1.47. The molecule has 0 rings (SSSR count). The van der Waals surface area contributed by atoms with Crippen molar-refractivity contribution in [2.75, 3.05) is 6.61 Å². The van der Waals surface area contributed by atoms with Gasteiger partial charge in [0.15, 0.2) is 0 Å². The maximum Gasteiger partial charge on any atom is 0.316 e. The van der Waals surface area contributed by atoms with Gasteiger partial charge in [-0.3, -0.25) is 4.57 Å². The minimum absolute atomic E-state index is 0. The van der Waals surface area contributed by atoms with E-state index in [0.29, 0.717) is 6.61 Å². The van der Waals surface area contributed by atoms with Gasteiger partial charge in [-0.05, 0) is 6.42 Å². The number of hydrogen-bond acceptors (Lipinski definition) is 2. The molecule has 1 N–H and O–H groups in total. The summed E-state index contributed by atoms with van der Waals surface area (Å²) >= 11 is 0. The third-order valence-electron chi connectivity index (χ3n) is 0.723. The van der Waals surface area contributed by atoms with Crippen LogP contribution >= 0.6 is 8.25 Å². The zero-order valence-corrected chi connectivity index (χ0v) is 7.19. The molecule has 0 aliphatic carbocycles. The maximum absolute atomic E-state index is 9.84. The Kier molecular flexibility index (Phi) is 11.8. The minimum atomic E-state index is -2.66. The zero-order valence-electron chi connectivity index (χ0n) is 5.20. The van der Waals surface area contributed by atoms with Crippen molar-refractivity contribution in [1.82, 2.24) is 0 Å². The van der Waals surface area contributed by atoms with Crippen LogP contribution in [0.25, 0.3) is 0 Å². The van der Waals surface area contributed by atoms with E-state index in [1.807, 2.05) is 6.92 Å². The fourth-order valence-corrected chi connectivity index (χ4v) is 0.623. The Morgan fingerprint density at radius 3 is 2.56 bits per heavy atom. The average Bonchev–Trinajstić information content (AvgIpc) is 1.66. The van der Waals surface area contributed by atoms with E-state index in [-0.39, 0.29) is 16.5 Å². The van der Waals surface area contributed by atoms with Crippen LogP contribution in [0.4, 0.5) is 0 Å². The van der Waals surface area contributed by atoms with Crippen molar-refractivity contribution in [2.45, 2.75) is 19.8 Å². The van der Waals surface area contributed by atoms with Gasteiger partial charge in [0.2, 0.25) is 0 Å². The summed E-state index contributed by atoms with van der Waals surface area (Å²) in [5.74, 6) is 0. The van der Waals surface area contributed by atoms with Crippen molar-refractivity contribution in [1.29, 1.82) is 0 Å². The Balaban J connectivity index is 0. The van der Waals surface area contributed by atoms with E-state index < -0.39 is 8.25 Å². The van der Waals surface area contributed by atoms with E-state index in [1.54, 1.807) is 0 Å². The van der Waals surface area contributed by atoms with E-state index in [2.05, 4.69) is 4.52 Å². The molecule has 0 bridgehead atoms. The Morgan fingerprint density at radius 2 is 2.22 bits per heavy atom. The summed E-state index contributed by atoms with van der Waals surface area (Å²) in [4.78, 5) is 8.10. The first-order valence-corrected chi connectivity index (χ1v) is 3.89. The molecule has 0 aliphatic heterocycles. The van der Waals surface area contributed by atoms with Crippen LogP contribution in [0.15, 0.2) is 0 Å². The van der Waals surface area contributed by atoms with E-state index in [0.717, 1.165) is 12.8 Å². The first-order chi connectivity index (χ1) is 3.77. The van der Waals surface area contributed by atoms with Crippen LogP contribution in [-0.4, -0.2) is 11.5 Å². The molecule has 1 atom stereocenters.